The second kappa shape index (κ2) is 10.5. The lowest BCUT2D eigenvalue weighted by molar-refractivity contribution is -0.147. The summed E-state index contributed by atoms with van der Waals surface area (Å²) in [6.45, 7) is 10.9. The summed E-state index contributed by atoms with van der Waals surface area (Å²) in [5.41, 5.74) is 6.35. The van der Waals surface area contributed by atoms with Gasteiger partial charge in [0.15, 0.2) is 0 Å². The number of carboxylic acids is 1. The maximum absolute atomic E-state index is 11.2. The highest BCUT2D eigenvalue weighted by Crippen LogP contribution is 2.43. The smallest absolute Gasteiger partial charge is 0.309 e. The lowest BCUT2D eigenvalue weighted by atomic mass is 9.86. The normalized spacial score (nSPS) is 15.1. The van der Waals surface area contributed by atoms with E-state index in [1.165, 1.54) is 27.8 Å². The van der Waals surface area contributed by atoms with Crippen molar-refractivity contribution in [2.75, 3.05) is 0 Å². The van der Waals surface area contributed by atoms with Crippen molar-refractivity contribution < 1.29 is 19.4 Å². The van der Waals surface area contributed by atoms with Crippen LogP contribution in [0.5, 0.6) is 0 Å². The van der Waals surface area contributed by atoms with Gasteiger partial charge in [-0.15, -0.1) is 0 Å². The van der Waals surface area contributed by atoms with Crippen LogP contribution >= 0.6 is 0 Å². The molecule has 1 aromatic rings. The zero-order valence-corrected chi connectivity index (χ0v) is 19.6. The van der Waals surface area contributed by atoms with E-state index in [1.807, 2.05) is 13.8 Å². The monoisotopic (exact) mass is 416 g/mol. The molecule has 0 aromatic heterocycles. The molecule has 1 N–H and O–H groups in total. The Labute approximate surface area is 182 Å². The molecular weight excluding hydrogens is 376 g/mol. The molecule has 2 rings (SSSR count). The molecule has 0 spiro atoms. The number of aryl methyl sites for hydroxylation is 2. The molecule has 1 aliphatic rings. The predicted octanol–water partition coefficient (Wildman–Crippen LogP) is 6.24. The van der Waals surface area contributed by atoms with Gasteiger partial charge >= 0.3 is 5.97 Å². The first-order valence-corrected chi connectivity index (χ1v) is 11.6. The number of rotatable bonds is 14. The van der Waals surface area contributed by atoms with Gasteiger partial charge in [0, 0.05) is 0 Å². The Bertz CT molecular complexity index is 744. The van der Waals surface area contributed by atoms with Crippen LogP contribution in [0.3, 0.4) is 0 Å². The Morgan fingerprint density at radius 2 is 1.73 bits per heavy atom. The first-order chi connectivity index (χ1) is 14.1. The second-order valence-corrected chi connectivity index (χ2v) is 9.94. The number of benzene rings is 1. The minimum Gasteiger partial charge on any atom is -0.481 e. The topological polar surface area (TPSA) is 63.6 Å². The maximum Gasteiger partial charge on any atom is 0.309 e. The Balaban J connectivity index is 1.82. The van der Waals surface area contributed by atoms with Crippen LogP contribution in [0.2, 0.25) is 0 Å². The van der Waals surface area contributed by atoms with Gasteiger partial charge in [0.1, 0.15) is 5.60 Å². The summed E-state index contributed by atoms with van der Waals surface area (Å²) in [6.07, 6.45) is 11.3. The van der Waals surface area contributed by atoms with Gasteiger partial charge < -0.3 is 9.84 Å². The highest BCUT2D eigenvalue weighted by molar-refractivity contribution is 5.73. The maximum atomic E-state index is 11.2. The molecule has 1 fully saturated rings. The van der Waals surface area contributed by atoms with Gasteiger partial charge in [0.05, 0.1) is 5.41 Å². The van der Waals surface area contributed by atoms with Crippen LogP contribution in [-0.2, 0) is 27.2 Å². The predicted molar refractivity (Wildman–Crippen MR) is 121 cm³/mol. The number of unbranched alkanes of at least 4 members (excludes halogenated alkanes) is 3. The van der Waals surface area contributed by atoms with Crippen LogP contribution < -0.4 is 0 Å². The first kappa shape index (κ1) is 24.4. The number of aliphatic carboxylic acids is 1. The summed E-state index contributed by atoms with van der Waals surface area (Å²) in [6, 6.07) is 2.36. The van der Waals surface area contributed by atoms with Crippen molar-refractivity contribution in [1.82, 2.24) is 0 Å². The number of hydrogen-bond donors (Lipinski definition) is 1. The standard InChI is InChI=1S/C26H40O4/c1-19-17-22(11-8-10-14-26(15-16-26)30-18-27)20(2)21(3)23(19)12-7-6-9-13-25(4,5)24(28)29/h17-18H,6-16H2,1-5H3,(H,28,29). The number of carboxylic acid groups (broad SMARTS) is 1. The van der Waals surface area contributed by atoms with Gasteiger partial charge in [-0.3, -0.25) is 9.59 Å². The Hall–Kier alpha value is -1.84. The third-order valence-electron chi connectivity index (χ3n) is 7.11. The molecule has 1 aromatic carbocycles. The van der Waals surface area contributed by atoms with Gasteiger partial charge in [-0.05, 0) is 120 Å². The molecule has 0 radical (unpaired) electrons. The van der Waals surface area contributed by atoms with Gasteiger partial charge in [-0.2, -0.15) is 0 Å². The fourth-order valence-electron chi connectivity index (χ4n) is 4.45. The molecule has 0 unspecified atom stereocenters. The second-order valence-electron chi connectivity index (χ2n) is 9.94. The number of hydrogen-bond acceptors (Lipinski definition) is 3. The van der Waals surface area contributed by atoms with E-state index < -0.39 is 11.4 Å². The zero-order valence-electron chi connectivity index (χ0n) is 19.6. The van der Waals surface area contributed by atoms with Crippen molar-refractivity contribution in [2.45, 2.75) is 111 Å². The quantitative estimate of drug-likeness (QED) is 0.288. The van der Waals surface area contributed by atoms with E-state index in [4.69, 9.17) is 4.74 Å². The van der Waals surface area contributed by atoms with Crippen LogP contribution in [0.1, 0.15) is 99.5 Å². The van der Waals surface area contributed by atoms with E-state index >= 15 is 0 Å². The summed E-state index contributed by atoms with van der Waals surface area (Å²) in [5, 5.41) is 9.23. The molecule has 0 amide bonds. The molecular formula is C26H40O4. The molecule has 4 heteroatoms. The highest BCUT2D eigenvalue weighted by atomic mass is 16.5. The van der Waals surface area contributed by atoms with Crippen LogP contribution in [0.25, 0.3) is 0 Å². The molecule has 30 heavy (non-hydrogen) atoms. The lowest BCUT2D eigenvalue weighted by Gasteiger charge is -2.19. The van der Waals surface area contributed by atoms with Crippen LogP contribution in [0, 0.1) is 26.2 Å². The van der Waals surface area contributed by atoms with Crippen molar-refractivity contribution in [3.8, 4) is 0 Å². The largest absolute Gasteiger partial charge is 0.481 e. The Kier molecular flexibility index (Phi) is 8.52. The summed E-state index contributed by atoms with van der Waals surface area (Å²) < 4.78 is 5.25. The number of carbonyl (C=O) groups is 2. The third-order valence-corrected chi connectivity index (χ3v) is 7.11. The highest BCUT2D eigenvalue weighted by Gasteiger charge is 2.44. The zero-order chi connectivity index (χ0) is 22.4. The average Bonchev–Trinajstić information content (AvgIpc) is 3.44. The molecule has 0 atom stereocenters. The summed E-state index contributed by atoms with van der Waals surface area (Å²) in [7, 11) is 0. The van der Waals surface area contributed by atoms with Crippen molar-refractivity contribution >= 4 is 12.4 Å². The fourth-order valence-corrected chi connectivity index (χ4v) is 4.45. The van der Waals surface area contributed by atoms with E-state index in [0.29, 0.717) is 6.47 Å². The van der Waals surface area contributed by atoms with Crippen LogP contribution in [-0.4, -0.2) is 23.1 Å². The van der Waals surface area contributed by atoms with Gasteiger partial charge in [0.2, 0.25) is 0 Å². The minimum absolute atomic E-state index is 0.133. The SMILES string of the molecule is Cc1cc(CCCCC2(OC=O)CC2)c(C)c(C)c1CCCCCC(C)(C)C(=O)O. The van der Waals surface area contributed by atoms with E-state index in [1.54, 1.807) is 0 Å². The molecule has 0 heterocycles. The van der Waals surface area contributed by atoms with E-state index in [0.717, 1.165) is 70.6 Å². The molecule has 0 bridgehead atoms. The van der Waals surface area contributed by atoms with E-state index in [-0.39, 0.29) is 5.60 Å². The van der Waals surface area contributed by atoms with Crippen molar-refractivity contribution in [2.24, 2.45) is 5.41 Å². The van der Waals surface area contributed by atoms with Crippen molar-refractivity contribution in [3.63, 3.8) is 0 Å². The van der Waals surface area contributed by atoms with Gasteiger partial charge in [-0.1, -0.05) is 18.9 Å². The number of ether oxygens (including phenoxy) is 1. The Morgan fingerprint density at radius 3 is 2.33 bits per heavy atom. The fraction of sp³-hybridized carbons (Fsp3) is 0.692. The summed E-state index contributed by atoms with van der Waals surface area (Å²) in [4.78, 5) is 21.8. The molecule has 1 aliphatic carbocycles. The van der Waals surface area contributed by atoms with Crippen LogP contribution in [0.4, 0.5) is 0 Å². The van der Waals surface area contributed by atoms with Gasteiger partial charge in [0.25, 0.3) is 6.47 Å². The molecule has 0 aliphatic heterocycles. The van der Waals surface area contributed by atoms with E-state index in [9.17, 15) is 14.7 Å². The minimum atomic E-state index is -0.705. The summed E-state index contributed by atoms with van der Waals surface area (Å²) in [5.74, 6) is -0.705. The molecule has 0 saturated heterocycles. The molecule has 4 nitrogen and oxygen atoms in total. The van der Waals surface area contributed by atoms with Gasteiger partial charge in [-0.25, -0.2) is 0 Å². The lowest BCUT2D eigenvalue weighted by Crippen LogP contribution is -2.23. The van der Waals surface area contributed by atoms with Crippen molar-refractivity contribution in [3.05, 3.63) is 33.9 Å². The first-order valence-electron chi connectivity index (χ1n) is 11.6. The molecule has 168 valence electrons. The van der Waals surface area contributed by atoms with Crippen LogP contribution in [0.15, 0.2) is 6.07 Å². The van der Waals surface area contributed by atoms with Crippen molar-refractivity contribution in [1.29, 1.82) is 0 Å². The molecule has 1 saturated carbocycles. The van der Waals surface area contributed by atoms with E-state index in [2.05, 4.69) is 26.8 Å². The average molecular weight is 417 g/mol. The summed E-state index contributed by atoms with van der Waals surface area (Å²) >= 11 is 0. The number of carbonyl (C=O) groups excluding carboxylic acids is 1. The Morgan fingerprint density at radius 1 is 1.07 bits per heavy atom. The third kappa shape index (κ3) is 6.58.